The zero-order chi connectivity index (χ0) is 17.9. The van der Waals surface area contributed by atoms with Gasteiger partial charge in [0.25, 0.3) is 0 Å². The Bertz CT molecular complexity index is 876. The number of aromatic nitrogens is 1. The molecule has 0 bridgehead atoms. The van der Waals surface area contributed by atoms with E-state index >= 15 is 0 Å². The molecule has 6 heteroatoms. The maximum Gasteiger partial charge on any atom is 0.405 e. The number of rotatable bonds is 6. The summed E-state index contributed by atoms with van der Waals surface area (Å²) in [6.07, 6.45) is -0.0538. The predicted octanol–water partition coefficient (Wildman–Crippen LogP) is 3.45. The molecular formula is C19H20N2O4. The Kier molecular flexibility index (Phi) is 4.72. The fourth-order valence-corrected chi connectivity index (χ4v) is 2.69. The summed E-state index contributed by atoms with van der Waals surface area (Å²) < 4.78 is 5.79. The van der Waals surface area contributed by atoms with Gasteiger partial charge in [-0.15, -0.1) is 0 Å². The number of carbonyl (C=O) groups is 1. The lowest BCUT2D eigenvalue weighted by molar-refractivity contribution is 0.141. The lowest BCUT2D eigenvalue weighted by Crippen LogP contribution is -2.48. The number of aliphatic hydroxyl groups is 1. The van der Waals surface area contributed by atoms with E-state index in [1.165, 1.54) is 0 Å². The summed E-state index contributed by atoms with van der Waals surface area (Å²) in [6, 6.07) is 15.4. The molecule has 0 radical (unpaired) electrons. The lowest BCUT2D eigenvalue weighted by Gasteiger charge is -2.27. The molecule has 25 heavy (non-hydrogen) atoms. The highest BCUT2D eigenvalue weighted by Crippen LogP contribution is 2.25. The maximum absolute atomic E-state index is 10.9. The average Bonchev–Trinajstić information content (AvgIpc) is 3.03. The molecule has 3 N–H and O–H groups in total. The molecule has 0 saturated heterocycles. The number of aryl methyl sites for hydroxylation is 1. The molecule has 3 rings (SSSR count). The van der Waals surface area contributed by atoms with E-state index in [9.17, 15) is 9.90 Å². The van der Waals surface area contributed by atoms with E-state index in [0.717, 1.165) is 16.6 Å². The van der Waals surface area contributed by atoms with Gasteiger partial charge in [0.1, 0.15) is 5.52 Å². The van der Waals surface area contributed by atoms with Gasteiger partial charge in [-0.2, -0.15) is 0 Å². The minimum absolute atomic E-state index is 0.260. The third-order valence-electron chi connectivity index (χ3n) is 4.20. The van der Waals surface area contributed by atoms with Crippen LogP contribution in [0, 0.1) is 0 Å². The van der Waals surface area contributed by atoms with Gasteiger partial charge in [-0.05, 0) is 49.6 Å². The molecule has 0 fully saturated rings. The Morgan fingerprint density at radius 2 is 2.00 bits per heavy atom. The number of oxazole rings is 1. The summed E-state index contributed by atoms with van der Waals surface area (Å²) in [5.41, 5.74) is 2.51. The van der Waals surface area contributed by atoms with Crippen LogP contribution in [-0.2, 0) is 6.42 Å². The lowest BCUT2D eigenvalue weighted by atomic mass is 9.94. The number of nitrogens with zero attached hydrogens (tertiary/aromatic N) is 1. The molecule has 130 valence electrons. The molecule has 0 aliphatic rings. The molecule has 1 aromatic heterocycles. The maximum atomic E-state index is 10.9. The zero-order valence-corrected chi connectivity index (χ0v) is 13.9. The molecule has 0 aliphatic heterocycles. The molecule has 0 spiro atoms. The number of benzene rings is 2. The van der Waals surface area contributed by atoms with Gasteiger partial charge in [0.05, 0.1) is 12.1 Å². The van der Waals surface area contributed by atoms with Crippen molar-refractivity contribution in [2.45, 2.75) is 25.3 Å². The summed E-state index contributed by atoms with van der Waals surface area (Å²) in [5, 5.41) is 20.7. The predicted molar refractivity (Wildman–Crippen MR) is 94.4 cm³/mol. The van der Waals surface area contributed by atoms with E-state index in [4.69, 9.17) is 9.52 Å². The SMILES string of the molecule is CC(CO)(CCc1ccc2oc(-c3ccccc3)nc2c1)NC(=O)O. The van der Waals surface area contributed by atoms with E-state index in [0.29, 0.717) is 24.3 Å². The van der Waals surface area contributed by atoms with Crippen LogP contribution in [0.3, 0.4) is 0 Å². The van der Waals surface area contributed by atoms with Crippen LogP contribution in [0.1, 0.15) is 18.9 Å². The van der Waals surface area contributed by atoms with E-state index in [1.54, 1.807) is 6.92 Å². The van der Waals surface area contributed by atoms with Gasteiger partial charge in [-0.3, -0.25) is 0 Å². The van der Waals surface area contributed by atoms with Gasteiger partial charge in [0.2, 0.25) is 5.89 Å². The van der Waals surface area contributed by atoms with Crippen molar-refractivity contribution in [1.82, 2.24) is 10.3 Å². The number of hydrogen-bond donors (Lipinski definition) is 3. The van der Waals surface area contributed by atoms with Crippen molar-refractivity contribution in [3.8, 4) is 11.5 Å². The highest BCUT2D eigenvalue weighted by atomic mass is 16.4. The van der Waals surface area contributed by atoms with Gasteiger partial charge in [-0.25, -0.2) is 9.78 Å². The van der Waals surface area contributed by atoms with E-state index < -0.39 is 11.6 Å². The van der Waals surface area contributed by atoms with Crippen LogP contribution >= 0.6 is 0 Å². The van der Waals surface area contributed by atoms with Gasteiger partial charge < -0.3 is 19.9 Å². The van der Waals surface area contributed by atoms with Crippen molar-refractivity contribution in [3.05, 3.63) is 54.1 Å². The number of hydrogen-bond acceptors (Lipinski definition) is 4. The third kappa shape index (κ3) is 3.97. The van der Waals surface area contributed by atoms with Crippen LogP contribution in [0.25, 0.3) is 22.6 Å². The molecular weight excluding hydrogens is 320 g/mol. The smallest absolute Gasteiger partial charge is 0.405 e. The minimum atomic E-state index is -1.14. The van der Waals surface area contributed by atoms with Gasteiger partial charge >= 0.3 is 6.09 Å². The molecule has 1 unspecified atom stereocenters. The van der Waals surface area contributed by atoms with Crippen molar-refractivity contribution in [2.24, 2.45) is 0 Å². The first-order chi connectivity index (χ1) is 12.0. The normalized spacial score (nSPS) is 13.5. The number of aliphatic hydroxyl groups excluding tert-OH is 1. The molecule has 0 saturated carbocycles. The second kappa shape index (κ2) is 6.94. The number of nitrogens with one attached hydrogen (secondary N) is 1. The Morgan fingerprint density at radius 1 is 1.24 bits per heavy atom. The van der Waals surface area contributed by atoms with Crippen LogP contribution in [0.2, 0.25) is 0 Å². The Hall–Kier alpha value is -2.86. The van der Waals surface area contributed by atoms with Gasteiger partial charge in [0.15, 0.2) is 5.58 Å². The molecule has 0 aliphatic carbocycles. The first kappa shape index (κ1) is 17.0. The van der Waals surface area contributed by atoms with Crippen molar-refractivity contribution in [1.29, 1.82) is 0 Å². The van der Waals surface area contributed by atoms with Crippen molar-refractivity contribution in [2.75, 3.05) is 6.61 Å². The molecule has 2 aromatic carbocycles. The van der Waals surface area contributed by atoms with E-state index in [2.05, 4.69) is 10.3 Å². The number of fused-ring (bicyclic) bond motifs is 1. The van der Waals surface area contributed by atoms with Crippen molar-refractivity contribution < 1.29 is 19.4 Å². The summed E-state index contributed by atoms with van der Waals surface area (Å²) >= 11 is 0. The third-order valence-corrected chi connectivity index (χ3v) is 4.20. The van der Waals surface area contributed by atoms with Crippen LogP contribution in [-0.4, -0.2) is 33.4 Å². The number of carboxylic acid groups (broad SMARTS) is 1. The van der Waals surface area contributed by atoms with Crippen LogP contribution in [0.15, 0.2) is 52.9 Å². The highest BCUT2D eigenvalue weighted by molar-refractivity contribution is 5.77. The quantitative estimate of drug-likeness (QED) is 0.639. The fraction of sp³-hybridized carbons (Fsp3) is 0.263. The summed E-state index contributed by atoms with van der Waals surface area (Å²) in [7, 11) is 0. The second-order valence-electron chi connectivity index (χ2n) is 6.34. The highest BCUT2D eigenvalue weighted by Gasteiger charge is 2.25. The molecule has 6 nitrogen and oxygen atoms in total. The first-order valence-electron chi connectivity index (χ1n) is 8.06. The molecule has 1 amide bonds. The van der Waals surface area contributed by atoms with Crippen LogP contribution in [0.4, 0.5) is 4.79 Å². The zero-order valence-electron chi connectivity index (χ0n) is 13.9. The fourth-order valence-electron chi connectivity index (χ4n) is 2.69. The van der Waals surface area contributed by atoms with E-state index in [-0.39, 0.29) is 6.61 Å². The average molecular weight is 340 g/mol. The van der Waals surface area contributed by atoms with E-state index in [1.807, 2.05) is 48.5 Å². The standard InChI is InChI=1S/C19H20N2O4/c1-19(12-22,21-18(23)24)10-9-13-7-8-16-15(11-13)20-17(25-16)14-5-3-2-4-6-14/h2-8,11,21-22H,9-10,12H2,1H3,(H,23,24). The Morgan fingerprint density at radius 3 is 2.68 bits per heavy atom. The van der Waals surface area contributed by atoms with Crippen molar-refractivity contribution >= 4 is 17.2 Å². The Balaban J connectivity index is 1.78. The first-order valence-corrected chi connectivity index (χ1v) is 8.06. The molecule has 1 atom stereocenters. The van der Waals surface area contributed by atoms with Gasteiger partial charge in [0, 0.05) is 5.56 Å². The Labute approximate surface area is 145 Å². The summed E-state index contributed by atoms with van der Waals surface area (Å²) in [6.45, 7) is 1.42. The van der Waals surface area contributed by atoms with Gasteiger partial charge in [-0.1, -0.05) is 24.3 Å². The van der Waals surface area contributed by atoms with Crippen LogP contribution < -0.4 is 5.32 Å². The molecule has 3 aromatic rings. The largest absolute Gasteiger partial charge is 0.465 e. The van der Waals surface area contributed by atoms with Crippen molar-refractivity contribution in [3.63, 3.8) is 0 Å². The minimum Gasteiger partial charge on any atom is -0.465 e. The summed E-state index contributed by atoms with van der Waals surface area (Å²) in [5.74, 6) is 0.570. The summed E-state index contributed by atoms with van der Waals surface area (Å²) in [4.78, 5) is 15.4. The second-order valence-corrected chi connectivity index (χ2v) is 6.34. The monoisotopic (exact) mass is 340 g/mol. The number of amides is 1. The molecule has 1 heterocycles. The van der Waals surface area contributed by atoms with Crippen LogP contribution in [0.5, 0.6) is 0 Å². The topological polar surface area (TPSA) is 95.6 Å².